The molecule has 1 heterocycles. The Morgan fingerprint density at radius 1 is 1.24 bits per heavy atom. The van der Waals surface area contributed by atoms with Crippen LogP contribution in [-0.2, 0) is 9.59 Å². The minimum absolute atomic E-state index is 0.00871. The smallest absolute Gasteiger partial charge is 0.265 e. The van der Waals surface area contributed by atoms with E-state index < -0.39 is 0 Å². The molecular weight excluding hydrogens is 320 g/mol. The van der Waals surface area contributed by atoms with Crippen LogP contribution in [0.15, 0.2) is 42.5 Å². The highest BCUT2D eigenvalue weighted by molar-refractivity contribution is 5.99. The first-order valence-corrected chi connectivity index (χ1v) is 8.13. The summed E-state index contributed by atoms with van der Waals surface area (Å²) in [6, 6.07) is 12.7. The van der Waals surface area contributed by atoms with Gasteiger partial charge in [0.05, 0.1) is 5.69 Å². The van der Waals surface area contributed by atoms with Gasteiger partial charge in [0.1, 0.15) is 11.5 Å². The quantitative estimate of drug-likeness (QED) is 0.909. The lowest BCUT2D eigenvalue weighted by atomic mass is 10.2. The van der Waals surface area contributed by atoms with E-state index in [1.54, 1.807) is 23.1 Å². The van der Waals surface area contributed by atoms with Gasteiger partial charge in [0.25, 0.3) is 11.8 Å². The summed E-state index contributed by atoms with van der Waals surface area (Å²) in [4.78, 5) is 25.5. The molecule has 0 atom stereocenters. The number of aryl methyl sites for hydroxylation is 1. The topological polar surface area (TPSA) is 67.9 Å². The number of nitrogens with zero attached hydrogens (tertiary/aromatic N) is 1. The van der Waals surface area contributed by atoms with Crippen LogP contribution in [-0.4, -0.2) is 31.6 Å². The van der Waals surface area contributed by atoms with Gasteiger partial charge in [-0.3, -0.25) is 9.59 Å². The summed E-state index contributed by atoms with van der Waals surface area (Å²) in [6.07, 6.45) is 0. The number of anilines is 2. The molecule has 1 N–H and O–H groups in total. The number of carbonyl (C=O) groups is 2. The van der Waals surface area contributed by atoms with Crippen molar-refractivity contribution >= 4 is 23.2 Å². The van der Waals surface area contributed by atoms with Crippen LogP contribution in [0.1, 0.15) is 12.5 Å². The maximum atomic E-state index is 12.1. The molecule has 0 aromatic heterocycles. The van der Waals surface area contributed by atoms with Gasteiger partial charge in [-0.1, -0.05) is 17.7 Å². The molecule has 0 fully saturated rings. The normalized spacial score (nSPS) is 13.0. The molecule has 0 radical (unpaired) electrons. The van der Waals surface area contributed by atoms with E-state index >= 15 is 0 Å². The van der Waals surface area contributed by atoms with Gasteiger partial charge in [0, 0.05) is 18.3 Å². The minimum atomic E-state index is -0.264. The standard InChI is InChI=1S/C19H20N2O4/c1-3-21-16-9-6-14(10-17(16)25-12-19(21)23)20-18(22)11-24-15-7-4-13(2)5-8-15/h4-10H,3,11-12H2,1-2H3,(H,20,22). The van der Waals surface area contributed by atoms with Crippen LogP contribution in [0, 0.1) is 6.92 Å². The largest absolute Gasteiger partial charge is 0.484 e. The highest BCUT2D eigenvalue weighted by Gasteiger charge is 2.24. The molecule has 0 unspecified atom stereocenters. The van der Waals surface area contributed by atoms with Crippen LogP contribution in [0.2, 0.25) is 0 Å². The summed E-state index contributed by atoms with van der Waals surface area (Å²) in [7, 11) is 0. The lowest BCUT2D eigenvalue weighted by Crippen LogP contribution is -2.38. The monoisotopic (exact) mass is 340 g/mol. The summed E-state index contributed by atoms with van der Waals surface area (Å²) in [5, 5.41) is 2.77. The fourth-order valence-electron chi connectivity index (χ4n) is 2.61. The van der Waals surface area contributed by atoms with Crippen molar-refractivity contribution in [1.82, 2.24) is 0 Å². The first-order valence-electron chi connectivity index (χ1n) is 8.13. The fraction of sp³-hybridized carbons (Fsp3) is 0.263. The molecule has 3 rings (SSSR count). The molecular formula is C19H20N2O4. The maximum absolute atomic E-state index is 12.1. The van der Waals surface area contributed by atoms with E-state index in [0.717, 1.165) is 5.56 Å². The molecule has 25 heavy (non-hydrogen) atoms. The first kappa shape index (κ1) is 16.8. The third kappa shape index (κ3) is 3.91. The number of amides is 2. The van der Waals surface area contributed by atoms with E-state index in [-0.39, 0.29) is 25.0 Å². The van der Waals surface area contributed by atoms with E-state index in [0.29, 0.717) is 29.4 Å². The summed E-state index contributed by atoms with van der Waals surface area (Å²) >= 11 is 0. The average Bonchev–Trinajstić information content (AvgIpc) is 2.61. The minimum Gasteiger partial charge on any atom is -0.484 e. The summed E-state index contributed by atoms with van der Waals surface area (Å²) < 4.78 is 10.9. The van der Waals surface area contributed by atoms with Crippen molar-refractivity contribution in [2.24, 2.45) is 0 Å². The third-order valence-electron chi connectivity index (χ3n) is 3.89. The van der Waals surface area contributed by atoms with Crippen LogP contribution < -0.4 is 19.7 Å². The van der Waals surface area contributed by atoms with Gasteiger partial charge in [0.2, 0.25) is 0 Å². The number of carbonyl (C=O) groups excluding carboxylic acids is 2. The number of rotatable bonds is 5. The van der Waals surface area contributed by atoms with Crippen LogP contribution in [0.5, 0.6) is 11.5 Å². The zero-order valence-electron chi connectivity index (χ0n) is 14.2. The predicted octanol–water partition coefficient (Wildman–Crippen LogP) is 2.76. The number of fused-ring (bicyclic) bond motifs is 1. The molecule has 6 heteroatoms. The Labute approximate surface area is 146 Å². The molecule has 0 saturated heterocycles. The van der Waals surface area contributed by atoms with Crippen LogP contribution in [0.25, 0.3) is 0 Å². The van der Waals surface area contributed by atoms with E-state index in [9.17, 15) is 9.59 Å². The van der Waals surface area contributed by atoms with Crippen LogP contribution >= 0.6 is 0 Å². The Morgan fingerprint density at radius 3 is 2.72 bits per heavy atom. The predicted molar refractivity (Wildman–Crippen MR) is 95.3 cm³/mol. The number of nitrogens with one attached hydrogen (secondary N) is 1. The summed E-state index contributed by atoms with van der Waals surface area (Å²) in [5.74, 6) is 0.892. The van der Waals surface area contributed by atoms with Crippen molar-refractivity contribution < 1.29 is 19.1 Å². The average molecular weight is 340 g/mol. The van der Waals surface area contributed by atoms with Gasteiger partial charge in [-0.05, 0) is 38.1 Å². The molecule has 1 aliphatic heterocycles. The number of benzene rings is 2. The van der Waals surface area contributed by atoms with Crippen molar-refractivity contribution in [3.63, 3.8) is 0 Å². The van der Waals surface area contributed by atoms with E-state index in [1.807, 2.05) is 38.1 Å². The second-order valence-electron chi connectivity index (χ2n) is 5.76. The molecule has 2 amide bonds. The second kappa shape index (κ2) is 7.25. The van der Waals surface area contributed by atoms with E-state index in [4.69, 9.17) is 9.47 Å². The second-order valence-corrected chi connectivity index (χ2v) is 5.76. The fourth-order valence-corrected chi connectivity index (χ4v) is 2.61. The molecule has 130 valence electrons. The Morgan fingerprint density at radius 2 is 2.00 bits per heavy atom. The molecule has 0 spiro atoms. The highest BCUT2D eigenvalue weighted by atomic mass is 16.5. The summed E-state index contributed by atoms with van der Waals surface area (Å²) in [5.41, 5.74) is 2.44. The third-order valence-corrected chi connectivity index (χ3v) is 3.89. The van der Waals surface area contributed by atoms with Crippen molar-refractivity contribution in [3.8, 4) is 11.5 Å². The van der Waals surface area contributed by atoms with Crippen molar-refractivity contribution in [2.75, 3.05) is 30.0 Å². The van der Waals surface area contributed by atoms with E-state index in [1.165, 1.54) is 0 Å². The zero-order chi connectivity index (χ0) is 17.8. The van der Waals surface area contributed by atoms with Gasteiger partial charge >= 0.3 is 0 Å². The zero-order valence-corrected chi connectivity index (χ0v) is 14.2. The molecule has 6 nitrogen and oxygen atoms in total. The molecule has 1 aliphatic rings. The van der Waals surface area contributed by atoms with Crippen molar-refractivity contribution in [1.29, 1.82) is 0 Å². The number of likely N-dealkylation sites (N-methyl/N-ethyl adjacent to an activating group) is 1. The van der Waals surface area contributed by atoms with Gasteiger partial charge < -0.3 is 19.7 Å². The lowest BCUT2D eigenvalue weighted by molar-refractivity contribution is -0.121. The number of hydrogen-bond donors (Lipinski definition) is 1. The Bertz CT molecular complexity index is 787. The van der Waals surface area contributed by atoms with Crippen LogP contribution in [0.3, 0.4) is 0 Å². The number of hydrogen-bond acceptors (Lipinski definition) is 4. The van der Waals surface area contributed by atoms with E-state index in [2.05, 4.69) is 5.32 Å². The molecule has 2 aromatic carbocycles. The number of ether oxygens (including phenoxy) is 2. The SMILES string of the molecule is CCN1C(=O)COc2cc(NC(=O)COc3ccc(C)cc3)ccc21. The molecule has 2 aromatic rings. The molecule has 0 saturated carbocycles. The van der Waals surface area contributed by atoms with Gasteiger partial charge in [0.15, 0.2) is 13.2 Å². The van der Waals surface area contributed by atoms with Crippen molar-refractivity contribution in [2.45, 2.75) is 13.8 Å². The van der Waals surface area contributed by atoms with Crippen LogP contribution in [0.4, 0.5) is 11.4 Å². The molecule has 0 bridgehead atoms. The highest BCUT2D eigenvalue weighted by Crippen LogP contribution is 2.34. The van der Waals surface area contributed by atoms with Gasteiger partial charge in [-0.25, -0.2) is 0 Å². The van der Waals surface area contributed by atoms with Gasteiger partial charge in [-0.2, -0.15) is 0 Å². The van der Waals surface area contributed by atoms with Gasteiger partial charge in [-0.15, -0.1) is 0 Å². The Kier molecular flexibility index (Phi) is 4.88. The Hall–Kier alpha value is -3.02. The summed E-state index contributed by atoms with van der Waals surface area (Å²) in [6.45, 7) is 4.40. The first-order chi connectivity index (χ1) is 12.1. The Balaban J connectivity index is 1.62. The maximum Gasteiger partial charge on any atom is 0.265 e. The molecule has 0 aliphatic carbocycles. The lowest BCUT2D eigenvalue weighted by Gasteiger charge is -2.28. The van der Waals surface area contributed by atoms with Crippen molar-refractivity contribution in [3.05, 3.63) is 48.0 Å².